The van der Waals surface area contributed by atoms with Crippen LogP contribution in [0.5, 0.6) is 0 Å². The summed E-state index contributed by atoms with van der Waals surface area (Å²) in [6.45, 7) is 1.47. The largest absolute Gasteiger partial charge is 0.324 e. The van der Waals surface area contributed by atoms with Gasteiger partial charge in [0.2, 0.25) is 5.78 Å². The van der Waals surface area contributed by atoms with Gasteiger partial charge in [0.25, 0.3) is 0 Å². The average molecular weight is 115 g/mol. The monoisotopic (exact) mass is 115 g/mol. The molecule has 0 heterocycles. The number of carbonyl (C=O) groups excluding carboxylic acids is 2. The van der Waals surface area contributed by atoms with Crippen molar-refractivity contribution in [3.8, 4) is 0 Å². The second kappa shape index (κ2) is 3.32. The summed E-state index contributed by atoms with van der Waals surface area (Å²) in [5.41, 5.74) is 4.88. The third kappa shape index (κ3) is 1.84. The molecule has 0 saturated heterocycles. The zero-order chi connectivity index (χ0) is 6.57. The predicted octanol–water partition coefficient (Wildman–Crippen LogP) is -0.507. The molecule has 0 aliphatic carbocycles. The van der Waals surface area contributed by atoms with Crippen molar-refractivity contribution in [1.82, 2.24) is 0 Å². The molecule has 8 heavy (non-hydrogen) atoms. The molecule has 46 valence electrons. The first-order valence-electron chi connectivity index (χ1n) is 2.48. The first kappa shape index (κ1) is 7.30. The van der Waals surface area contributed by atoms with E-state index in [1.165, 1.54) is 0 Å². The highest BCUT2D eigenvalue weighted by atomic mass is 16.2. The molecule has 0 aromatic carbocycles. The van der Waals surface area contributed by atoms with E-state index in [0.717, 1.165) is 0 Å². The van der Waals surface area contributed by atoms with E-state index in [1.54, 1.807) is 6.92 Å². The lowest BCUT2D eigenvalue weighted by atomic mass is 10.2. The third-order valence-electron chi connectivity index (χ3n) is 0.818. The minimum atomic E-state index is -0.479. The third-order valence-corrected chi connectivity index (χ3v) is 0.818. The smallest absolute Gasteiger partial charge is 0.211 e. The summed E-state index contributed by atoms with van der Waals surface area (Å²) >= 11 is 0. The fourth-order valence-corrected chi connectivity index (χ4v) is 0.311. The molecule has 0 aliphatic rings. The van der Waals surface area contributed by atoms with E-state index in [9.17, 15) is 9.59 Å². The average Bonchev–Trinajstić information content (AvgIpc) is 1.84. The fraction of sp³-hybridized carbons (Fsp3) is 0.600. The van der Waals surface area contributed by atoms with E-state index < -0.39 is 5.78 Å². The molecule has 0 aromatic heterocycles. The Morgan fingerprint density at radius 3 is 2.00 bits per heavy atom. The van der Waals surface area contributed by atoms with Crippen molar-refractivity contribution in [1.29, 1.82) is 0 Å². The molecule has 0 fully saturated rings. The van der Waals surface area contributed by atoms with Crippen LogP contribution in [0.25, 0.3) is 0 Å². The number of rotatable bonds is 3. The molecule has 0 bridgehead atoms. The van der Waals surface area contributed by atoms with Gasteiger partial charge in [-0.1, -0.05) is 6.92 Å². The van der Waals surface area contributed by atoms with Crippen LogP contribution in [0.1, 0.15) is 13.3 Å². The van der Waals surface area contributed by atoms with Gasteiger partial charge in [0, 0.05) is 6.42 Å². The minimum absolute atomic E-state index is 0.160. The van der Waals surface area contributed by atoms with Gasteiger partial charge in [-0.3, -0.25) is 9.59 Å². The second-order valence-electron chi connectivity index (χ2n) is 1.40. The fourth-order valence-electron chi connectivity index (χ4n) is 0.311. The van der Waals surface area contributed by atoms with Crippen molar-refractivity contribution < 1.29 is 9.59 Å². The lowest BCUT2D eigenvalue weighted by Crippen LogP contribution is -2.22. The Balaban J connectivity index is 3.64. The van der Waals surface area contributed by atoms with E-state index in [1.807, 2.05) is 0 Å². The highest BCUT2D eigenvalue weighted by Crippen LogP contribution is 1.79. The number of Topliss-reactive ketones (excluding diaryl/α,β-unsaturated/α-hetero) is 2. The van der Waals surface area contributed by atoms with E-state index >= 15 is 0 Å². The number of ketones is 2. The maximum absolute atomic E-state index is 10.3. The van der Waals surface area contributed by atoms with Gasteiger partial charge in [0.15, 0.2) is 5.78 Å². The Labute approximate surface area is 47.9 Å². The highest BCUT2D eigenvalue weighted by molar-refractivity contribution is 6.37. The quantitative estimate of drug-likeness (QED) is 0.504. The Morgan fingerprint density at radius 1 is 1.38 bits per heavy atom. The molecule has 0 rings (SSSR count). The van der Waals surface area contributed by atoms with Crippen LogP contribution < -0.4 is 5.73 Å². The number of carbonyl (C=O) groups is 2. The Kier molecular flexibility index (Phi) is 3.03. The number of hydrogen-bond acceptors (Lipinski definition) is 3. The maximum Gasteiger partial charge on any atom is 0.211 e. The van der Waals surface area contributed by atoms with Crippen molar-refractivity contribution in [3.63, 3.8) is 0 Å². The van der Waals surface area contributed by atoms with Crippen LogP contribution in [-0.4, -0.2) is 18.1 Å². The normalized spacial score (nSPS) is 8.75. The number of nitrogens with two attached hydrogens (primary N) is 1. The van der Waals surface area contributed by atoms with Crippen LogP contribution in [0.3, 0.4) is 0 Å². The summed E-state index contributed by atoms with van der Waals surface area (Å²) in [7, 11) is 0. The van der Waals surface area contributed by atoms with Crippen molar-refractivity contribution in [2.45, 2.75) is 13.3 Å². The number of hydrogen-bond donors (Lipinski definition) is 1. The summed E-state index contributed by atoms with van der Waals surface area (Å²) in [5.74, 6) is -0.861. The molecular formula is C5H9NO2. The van der Waals surface area contributed by atoms with Crippen LogP contribution in [0.4, 0.5) is 0 Å². The van der Waals surface area contributed by atoms with E-state index in [4.69, 9.17) is 5.73 Å². The summed E-state index contributed by atoms with van der Waals surface area (Å²) in [4.78, 5) is 20.6. The Bertz CT molecular complexity index is 95.0. The zero-order valence-corrected chi connectivity index (χ0v) is 4.81. The first-order valence-corrected chi connectivity index (χ1v) is 2.48. The zero-order valence-electron chi connectivity index (χ0n) is 4.81. The van der Waals surface area contributed by atoms with Crippen molar-refractivity contribution in [2.75, 3.05) is 6.54 Å². The van der Waals surface area contributed by atoms with Gasteiger partial charge in [-0.25, -0.2) is 0 Å². The molecule has 0 amide bonds. The molecule has 0 aliphatic heterocycles. The van der Waals surface area contributed by atoms with Crippen LogP contribution in [0.15, 0.2) is 0 Å². The van der Waals surface area contributed by atoms with Crippen molar-refractivity contribution in [2.24, 2.45) is 5.73 Å². The van der Waals surface area contributed by atoms with Crippen LogP contribution in [0.2, 0.25) is 0 Å². The summed E-state index contributed by atoms with van der Waals surface area (Å²) in [5, 5.41) is 0. The van der Waals surface area contributed by atoms with Crippen molar-refractivity contribution >= 4 is 11.6 Å². The Hall–Kier alpha value is -0.700. The van der Waals surface area contributed by atoms with Gasteiger partial charge in [0.05, 0.1) is 6.54 Å². The van der Waals surface area contributed by atoms with Gasteiger partial charge in [-0.2, -0.15) is 0 Å². The molecule has 0 saturated carbocycles. The standard InChI is InChI=1S/C5H9NO2/c1-2-4(7)5(8)3-6/h2-3,6H2,1H3. The van der Waals surface area contributed by atoms with Gasteiger partial charge in [-0.05, 0) is 0 Å². The van der Waals surface area contributed by atoms with Crippen LogP contribution in [-0.2, 0) is 9.59 Å². The lowest BCUT2D eigenvalue weighted by molar-refractivity contribution is -0.135. The SMILES string of the molecule is CCC(=O)C(=O)CN. The molecule has 0 radical (unpaired) electrons. The summed E-state index contributed by atoms with van der Waals surface area (Å²) in [6, 6.07) is 0. The first-order chi connectivity index (χ1) is 3.72. The molecule has 0 atom stereocenters. The minimum Gasteiger partial charge on any atom is -0.324 e. The van der Waals surface area contributed by atoms with Gasteiger partial charge in [0.1, 0.15) is 0 Å². The summed E-state index contributed by atoms with van der Waals surface area (Å²) < 4.78 is 0. The van der Waals surface area contributed by atoms with E-state index in [2.05, 4.69) is 0 Å². The van der Waals surface area contributed by atoms with E-state index in [0.29, 0.717) is 0 Å². The van der Waals surface area contributed by atoms with E-state index in [-0.39, 0.29) is 18.7 Å². The molecule has 0 aromatic rings. The molecule has 3 nitrogen and oxygen atoms in total. The summed E-state index contributed by atoms with van der Waals surface area (Å²) in [6.07, 6.45) is 0.260. The maximum atomic E-state index is 10.3. The molecule has 2 N–H and O–H groups in total. The van der Waals surface area contributed by atoms with Crippen LogP contribution >= 0.6 is 0 Å². The highest BCUT2D eigenvalue weighted by Gasteiger charge is 2.06. The molecular weight excluding hydrogens is 106 g/mol. The lowest BCUT2D eigenvalue weighted by Gasteiger charge is -1.87. The van der Waals surface area contributed by atoms with Crippen LogP contribution in [0, 0.1) is 0 Å². The Morgan fingerprint density at radius 2 is 1.88 bits per heavy atom. The second-order valence-corrected chi connectivity index (χ2v) is 1.40. The van der Waals surface area contributed by atoms with Gasteiger partial charge < -0.3 is 5.73 Å². The van der Waals surface area contributed by atoms with Gasteiger partial charge >= 0.3 is 0 Å². The van der Waals surface area contributed by atoms with Gasteiger partial charge in [-0.15, -0.1) is 0 Å². The molecule has 0 spiro atoms. The topological polar surface area (TPSA) is 60.2 Å². The van der Waals surface area contributed by atoms with Crippen molar-refractivity contribution in [3.05, 3.63) is 0 Å². The molecule has 3 heteroatoms. The molecule has 0 unspecified atom stereocenters. The predicted molar refractivity (Wildman–Crippen MR) is 29.4 cm³/mol.